The summed E-state index contributed by atoms with van der Waals surface area (Å²) >= 11 is 0. The maximum absolute atomic E-state index is 13.3. The van der Waals surface area contributed by atoms with Crippen LogP contribution in [0.3, 0.4) is 0 Å². The number of amides is 2. The molecule has 1 aliphatic rings. The van der Waals surface area contributed by atoms with Gasteiger partial charge in [-0.2, -0.15) is 0 Å². The van der Waals surface area contributed by atoms with E-state index in [4.69, 9.17) is 4.74 Å². The molecule has 0 fully saturated rings. The number of para-hydroxylation sites is 2. The Kier molecular flexibility index (Phi) is 5.33. The number of carbonyl (C=O) groups is 2. The molecule has 7 nitrogen and oxygen atoms in total. The van der Waals surface area contributed by atoms with Gasteiger partial charge in [-0.1, -0.05) is 48.5 Å². The number of nitrogens with one attached hydrogen (secondary N) is 1. The highest BCUT2D eigenvalue weighted by Gasteiger charge is 2.40. The summed E-state index contributed by atoms with van der Waals surface area (Å²) in [6.45, 7) is 1.05. The van der Waals surface area contributed by atoms with Crippen LogP contribution in [0.4, 0.5) is 11.6 Å². The van der Waals surface area contributed by atoms with Crippen LogP contribution in [0.1, 0.15) is 18.9 Å². The van der Waals surface area contributed by atoms with Crippen molar-refractivity contribution in [3.8, 4) is 0 Å². The Labute approximate surface area is 185 Å². The Morgan fingerprint density at radius 2 is 1.84 bits per heavy atom. The second-order valence-electron chi connectivity index (χ2n) is 7.90. The van der Waals surface area contributed by atoms with Crippen molar-refractivity contribution in [1.29, 1.82) is 0 Å². The van der Waals surface area contributed by atoms with Crippen LogP contribution < -0.4 is 10.2 Å². The molecule has 2 heterocycles. The highest BCUT2D eigenvalue weighted by atomic mass is 16.5. The smallest absolute Gasteiger partial charge is 0.253 e. The normalized spacial score (nSPS) is 15.5. The summed E-state index contributed by atoms with van der Waals surface area (Å²) in [6.07, 6.45) is 0.733. The molecule has 3 aromatic carbocycles. The van der Waals surface area contributed by atoms with Gasteiger partial charge in [0.1, 0.15) is 6.04 Å². The van der Waals surface area contributed by atoms with Crippen molar-refractivity contribution in [3.63, 3.8) is 0 Å². The molecule has 1 atom stereocenters. The average Bonchev–Trinajstić information content (AvgIpc) is 3.30. The molecule has 0 saturated carbocycles. The molecule has 1 aromatic heterocycles. The zero-order valence-electron chi connectivity index (χ0n) is 17.8. The van der Waals surface area contributed by atoms with Crippen LogP contribution in [0.5, 0.6) is 0 Å². The summed E-state index contributed by atoms with van der Waals surface area (Å²) in [5.41, 5.74) is 2.41. The number of nitrogens with zero attached hydrogens (tertiary/aromatic N) is 3. The summed E-state index contributed by atoms with van der Waals surface area (Å²) < 4.78 is 7.04. The third-order valence-corrected chi connectivity index (χ3v) is 5.85. The van der Waals surface area contributed by atoms with E-state index in [9.17, 15) is 9.59 Å². The second kappa shape index (κ2) is 8.43. The monoisotopic (exact) mass is 428 g/mol. The molecule has 5 rings (SSSR count). The van der Waals surface area contributed by atoms with Gasteiger partial charge in [0.05, 0.1) is 17.5 Å². The van der Waals surface area contributed by atoms with Gasteiger partial charge in [-0.25, -0.2) is 4.98 Å². The first kappa shape index (κ1) is 20.2. The van der Waals surface area contributed by atoms with E-state index in [1.807, 2.05) is 71.3 Å². The number of hydrogen-bond acceptors (Lipinski definition) is 4. The molecule has 0 aliphatic carbocycles. The molecular weight excluding hydrogens is 404 g/mol. The fourth-order valence-corrected chi connectivity index (χ4v) is 4.39. The second-order valence-corrected chi connectivity index (χ2v) is 7.90. The van der Waals surface area contributed by atoms with Gasteiger partial charge < -0.3 is 10.1 Å². The van der Waals surface area contributed by atoms with Crippen LogP contribution in [-0.2, 0) is 14.3 Å². The first-order valence-corrected chi connectivity index (χ1v) is 10.7. The first-order valence-electron chi connectivity index (χ1n) is 10.7. The first-order chi connectivity index (χ1) is 15.7. The van der Waals surface area contributed by atoms with Crippen LogP contribution in [0.25, 0.3) is 21.8 Å². The number of aromatic nitrogens is 2. The molecule has 1 N–H and O–H groups in total. The number of rotatable bonds is 7. The third kappa shape index (κ3) is 3.50. The quantitative estimate of drug-likeness (QED) is 0.449. The minimum atomic E-state index is -0.630. The number of ether oxygens (including phenoxy) is 1. The minimum absolute atomic E-state index is 0.0379. The Bertz CT molecular complexity index is 1310. The summed E-state index contributed by atoms with van der Waals surface area (Å²) in [7, 11) is 1.64. The summed E-state index contributed by atoms with van der Waals surface area (Å²) in [4.78, 5) is 32.7. The number of benzene rings is 3. The van der Waals surface area contributed by atoms with Gasteiger partial charge >= 0.3 is 0 Å². The van der Waals surface area contributed by atoms with Gasteiger partial charge in [0.25, 0.3) is 5.91 Å². The van der Waals surface area contributed by atoms with Crippen LogP contribution >= 0.6 is 0 Å². The van der Waals surface area contributed by atoms with E-state index < -0.39 is 6.04 Å². The van der Waals surface area contributed by atoms with E-state index in [1.54, 1.807) is 12.0 Å². The fourth-order valence-electron chi connectivity index (χ4n) is 4.39. The van der Waals surface area contributed by atoms with E-state index in [-0.39, 0.29) is 18.2 Å². The van der Waals surface area contributed by atoms with Crippen molar-refractivity contribution >= 4 is 45.3 Å². The zero-order valence-corrected chi connectivity index (χ0v) is 17.8. The summed E-state index contributed by atoms with van der Waals surface area (Å²) in [5.74, 6) is 0.278. The van der Waals surface area contributed by atoms with Crippen molar-refractivity contribution in [3.05, 3.63) is 66.7 Å². The largest absolute Gasteiger partial charge is 0.385 e. The lowest BCUT2D eigenvalue weighted by molar-refractivity contribution is -0.124. The number of methoxy groups -OCH3 is 1. The topological polar surface area (TPSA) is 76.5 Å². The molecule has 32 heavy (non-hydrogen) atoms. The minimum Gasteiger partial charge on any atom is -0.385 e. The SMILES string of the molecule is COCCCN1C(=O)[C@H](CC(=O)Nc2cccc3ccccc23)n2c1nc1ccccc12. The van der Waals surface area contributed by atoms with E-state index in [1.165, 1.54) is 0 Å². The molecule has 2 amide bonds. The zero-order chi connectivity index (χ0) is 22.1. The number of fused-ring (bicyclic) bond motifs is 4. The molecule has 7 heteroatoms. The van der Waals surface area contributed by atoms with E-state index in [2.05, 4.69) is 10.3 Å². The van der Waals surface area contributed by atoms with Gasteiger partial charge in [0.15, 0.2) is 0 Å². The molecule has 0 saturated heterocycles. The van der Waals surface area contributed by atoms with Crippen LogP contribution in [-0.4, -0.2) is 41.6 Å². The number of anilines is 2. The lowest BCUT2D eigenvalue weighted by Crippen LogP contribution is -2.32. The van der Waals surface area contributed by atoms with Gasteiger partial charge in [0.2, 0.25) is 11.9 Å². The Hall–Kier alpha value is -3.71. The lowest BCUT2D eigenvalue weighted by atomic mass is 10.1. The molecule has 1 aliphatic heterocycles. The van der Waals surface area contributed by atoms with E-state index >= 15 is 0 Å². The molecule has 0 bridgehead atoms. The van der Waals surface area contributed by atoms with Crippen molar-refractivity contribution in [2.75, 3.05) is 30.5 Å². The molecule has 0 unspecified atom stereocenters. The third-order valence-electron chi connectivity index (χ3n) is 5.85. The van der Waals surface area contributed by atoms with Crippen LogP contribution in [0.15, 0.2) is 66.7 Å². The number of carbonyl (C=O) groups excluding carboxylic acids is 2. The predicted molar refractivity (Wildman–Crippen MR) is 125 cm³/mol. The fraction of sp³-hybridized carbons (Fsp3) is 0.240. The molecule has 4 aromatic rings. The van der Waals surface area contributed by atoms with Crippen molar-refractivity contribution in [2.24, 2.45) is 0 Å². The van der Waals surface area contributed by atoms with Crippen molar-refractivity contribution in [2.45, 2.75) is 18.9 Å². The van der Waals surface area contributed by atoms with Gasteiger partial charge in [-0.15, -0.1) is 0 Å². The maximum Gasteiger partial charge on any atom is 0.253 e. The van der Waals surface area contributed by atoms with Gasteiger partial charge in [0, 0.05) is 31.3 Å². The molecule has 0 radical (unpaired) electrons. The summed E-state index contributed by atoms with van der Waals surface area (Å²) in [6, 6.07) is 20.8. The van der Waals surface area contributed by atoms with Gasteiger partial charge in [-0.05, 0) is 30.0 Å². The number of imidazole rings is 1. The number of hydrogen-bond donors (Lipinski definition) is 1. The Balaban J connectivity index is 1.44. The summed E-state index contributed by atoms with van der Waals surface area (Å²) in [5, 5.41) is 5.03. The van der Waals surface area contributed by atoms with E-state index in [0.29, 0.717) is 25.5 Å². The standard InChI is InChI=1S/C25H24N4O3/c1-32-15-7-14-28-24(31)22(29-21-13-5-4-11-20(21)27-25(28)29)16-23(30)26-19-12-6-9-17-8-2-3-10-18(17)19/h2-6,8-13,22H,7,14-16H2,1H3,(H,26,30)/t22-/m0/s1. The molecule has 0 spiro atoms. The van der Waals surface area contributed by atoms with Crippen LogP contribution in [0.2, 0.25) is 0 Å². The Morgan fingerprint density at radius 3 is 2.72 bits per heavy atom. The van der Waals surface area contributed by atoms with Gasteiger partial charge in [-0.3, -0.25) is 19.1 Å². The Morgan fingerprint density at radius 1 is 1.06 bits per heavy atom. The maximum atomic E-state index is 13.3. The van der Waals surface area contributed by atoms with Crippen molar-refractivity contribution < 1.29 is 14.3 Å². The van der Waals surface area contributed by atoms with E-state index in [0.717, 1.165) is 27.5 Å². The lowest BCUT2D eigenvalue weighted by Gasteiger charge is -2.16. The highest BCUT2D eigenvalue weighted by molar-refractivity contribution is 6.07. The van der Waals surface area contributed by atoms with Crippen molar-refractivity contribution in [1.82, 2.24) is 9.55 Å². The van der Waals surface area contributed by atoms with Crippen LogP contribution in [0, 0.1) is 0 Å². The average molecular weight is 428 g/mol. The predicted octanol–water partition coefficient (Wildman–Crippen LogP) is 4.14. The molecule has 162 valence electrons. The highest BCUT2D eigenvalue weighted by Crippen LogP contribution is 2.36. The molecular formula is C25H24N4O3.